The van der Waals surface area contributed by atoms with Gasteiger partial charge in [0.2, 0.25) is 0 Å². The quantitative estimate of drug-likeness (QED) is 0.897. The number of rotatable bonds is 5. The molecule has 1 unspecified atom stereocenters. The molecule has 1 aliphatic rings. The molecular formula is C15H22BrNO2. The molecule has 1 aromatic rings. The monoisotopic (exact) mass is 327 g/mol. The first-order chi connectivity index (χ1) is 9.10. The fourth-order valence-corrected chi connectivity index (χ4v) is 3.13. The molecule has 1 fully saturated rings. The molecule has 0 amide bonds. The molecule has 0 radical (unpaired) electrons. The van der Waals surface area contributed by atoms with Gasteiger partial charge in [-0.25, -0.2) is 0 Å². The standard InChI is InChI=1S/C15H22BrNO2/c1-10(17)7-11-8-13(16)15(14(9-11)18-2)19-12-5-3-4-6-12/h8-10,12H,3-7,17H2,1-2H3. The number of methoxy groups -OCH3 is 1. The van der Waals surface area contributed by atoms with E-state index in [0.29, 0.717) is 6.10 Å². The van der Waals surface area contributed by atoms with Gasteiger partial charge < -0.3 is 15.2 Å². The van der Waals surface area contributed by atoms with E-state index in [1.54, 1.807) is 7.11 Å². The molecule has 0 spiro atoms. The lowest BCUT2D eigenvalue weighted by Crippen LogP contribution is -2.18. The Kier molecular flexibility index (Phi) is 5.11. The maximum absolute atomic E-state index is 6.08. The number of hydrogen-bond donors (Lipinski definition) is 1. The molecule has 0 heterocycles. The molecule has 0 aromatic heterocycles. The minimum atomic E-state index is 0.137. The molecule has 2 rings (SSSR count). The van der Waals surface area contributed by atoms with E-state index in [4.69, 9.17) is 15.2 Å². The molecule has 1 aliphatic carbocycles. The maximum atomic E-state index is 6.08. The molecule has 1 atom stereocenters. The zero-order valence-electron chi connectivity index (χ0n) is 11.6. The minimum Gasteiger partial charge on any atom is -0.493 e. The molecule has 1 saturated carbocycles. The van der Waals surface area contributed by atoms with E-state index in [-0.39, 0.29) is 6.04 Å². The van der Waals surface area contributed by atoms with Crippen LogP contribution in [-0.4, -0.2) is 19.3 Å². The lowest BCUT2D eigenvalue weighted by molar-refractivity contribution is 0.199. The summed E-state index contributed by atoms with van der Waals surface area (Å²) in [5.41, 5.74) is 7.01. The zero-order valence-corrected chi connectivity index (χ0v) is 13.2. The lowest BCUT2D eigenvalue weighted by atomic mass is 10.1. The van der Waals surface area contributed by atoms with E-state index < -0.39 is 0 Å². The number of benzene rings is 1. The summed E-state index contributed by atoms with van der Waals surface area (Å²) in [6.45, 7) is 2.00. The van der Waals surface area contributed by atoms with Gasteiger partial charge in [-0.3, -0.25) is 0 Å². The second-order valence-electron chi connectivity index (χ2n) is 5.31. The van der Waals surface area contributed by atoms with Gasteiger partial charge >= 0.3 is 0 Å². The highest BCUT2D eigenvalue weighted by molar-refractivity contribution is 9.10. The van der Waals surface area contributed by atoms with Gasteiger partial charge in [-0.05, 0) is 72.7 Å². The Labute approximate surface area is 123 Å². The SMILES string of the molecule is COc1cc(CC(C)N)cc(Br)c1OC1CCCC1. The van der Waals surface area contributed by atoms with Crippen LogP contribution < -0.4 is 15.2 Å². The predicted octanol–water partition coefficient (Wildman–Crippen LogP) is 3.67. The van der Waals surface area contributed by atoms with Crippen molar-refractivity contribution >= 4 is 15.9 Å². The van der Waals surface area contributed by atoms with Crippen molar-refractivity contribution in [3.63, 3.8) is 0 Å². The van der Waals surface area contributed by atoms with Crippen molar-refractivity contribution in [1.82, 2.24) is 0 Å². The molecule has 106 valence electrons. The Hall–Kier alpha value is -0.740. The van der Waals surface area contributed by atoms with Crippen LogP contribution in [0.1, 0.15) is 38.2 Å². The van der Waals surface area contributed by atoms with Crippen LogP contribution in [0.5, 0.6) is 11.5 Å². The summed E-state index contributed by atoms with van der Waals surface area (Å²) < 4.78 is 12.5. The van der Waals surface area contributed by atoms with E-state index in [2.05, 4.69) is 22.0 Å². The molecule has 3 nitrogen and oxygen atoms in total. The van der Waals surface area contributed by atoms with Crippen LogP contribution in [0.4, 0.5) is 0 Å². The van der Waals surface area contributed by atoms with Crippen molar-refractivity contribution in [1.29, 1.82) is 0 Å². The molecule has 0 bridgehead atoms. The highest BCUT2D eigenvalue weighted by atomic mass is 79.9. The third kappa shape index (κ3) is 3.86. The first-order valence-corrected chi connectivity index (χ1v) is 7.68. The van der Waals surface area contributed by atoms with Crippen molar-refractivity contribution in [3.05, 3.63) is 22.2 Å². The highest BCUT2D eigenvalue weighted by Crippen LogP contribution is 2.39. The zero-order chi connectivity index (χ0) is 13.8. The summed E-state index contributed by atoms with van der Waals surface area (Å²) in [5, 5.41) is 0. The third-order valence-electron chi connectivity index (χ3n) is 3.43. The fraction of sp³-hybridized carbons (Fsp3) is 0.600. The Balaban J connectivity index is 2.21. The molecule has 19 heavy (non-hydrogen) atoms. The Morgan fingerprint density at radius 1 is 1.37 bits per heavy atom. The molecule has 0 aliphatic heterocycles. The molecule has 1 aromatic carbocycles. The lowest BCUT2D eigenvalue weighted by Gasteiger charge is -2.18. The molecular weight excluding hydrogens is 306 g/mol. The van der Waals surface area contributed by atoms with E-state index in [1.165, 1.54) is 12.8 Å². The van der Waals surface area contributed by atoms with Gasteiger partial charge in [-0.15, -0.1) is 0 Å². The summed E-state index contributed by atoms with van der Waals surface area (Å²) in [6, 6.07) is 4.24. The second-order valence-corrected chi connectivity index (χ2v) is 6.17. The van der Waals surface area contributed by atoms with Crippen LogP contribution in [0.3, 0.4) is 0 Å². The number of nitrogens with two attached hydrogens (primary N) is 1. The van der Waals surface area contributed by atoms with E-state index in [1.807, 2.05) is 13.0 Å². The summed E-state index contributed by atoms with van der Waals surface area (Å²) in [4.78, 5) is 0. The first kappa shape index (κ1) is 14.7. The van der Waals surface area contributed by atoms with Crippen molar-refractivity contribution in [2.45, 2.75) is 51.2 Å². The summed E-state index contributed by atoms with van der Waals surface area (Å²) in [5.74, 6) is 1.61. The van der Waals surface area contributed by atoms with E-state index in [0.717, 1.165) is 40.8 Å². The number of halogens is 1. The highest BCUT2D eigenvalue weighted by Gasteiger charge is 2.20. The average molecular weight is 328 g/mol. The normalized spacial score (nSPS) is 17.5. The van der Waals surface area contributed by atoms with Crippen LogP contribution in [0.15, 0.2) is 16.6 Å². The van der Waals surface area contributed by atoms with Gasteiger partial charge in [0.15, 0.2) is 11.5 Å². The molecule has 4 heteroatoms. The molecule has 2 N–H and O–H groups in total. The fourth-order valence-electron chi connectivity index (χ4n) is 2.55. The number of ether oxygens (including phenoxy) is 2. The third-order valence-corrected chi connectivity index (χ3v) is 4.02. The van der Waals surface area contributed by atoms with Crippen molar-refractivity contribution in [2.75, 3.05) is 7.11 Å². The van der Waals surface area contributed by atoms with Gasteiger partial charge in [0.1, 0.15) is 0 Å². The summed E-state index contributed by atoms with van der Waals surface area (Å²) in [6.07, 6.45) is 5.94. The number of hydrogen-bond acceptors (Lipinski definition) is 3. The van der Waals surface area contributed by atoms with Crippen molar-refractivity contribution in [3.8, 4) is 11.5 Å². The maximum Gasteiger partial charge on any atom is 0.175 e. The minimum absolute atomic E-state index is 0.137. The van der Waals surface area contributed by atoms with Gasteiger partial charge in [-0.1, -0.05) is 0 Å². The van der Waals surface area contributed by atoms with Crippen LogP contribution in [-0.2, 0) is 6.42 Å². The van der Waals surface area contributed by atoms with Gasteiger partial charge in [-0.2, -0.15) is 0 Å². The largest absolute Gasteiger partial charge is 0.493 e. The topological polar surface area (TPSA) is 44.5 Å². The molecule has 0 saturated heterocycles. The van der Waals surface area contributed by atoms with Gasteiger partial charge in [0, 0.05) is 6.04 Å². The van der Waals surface area contributed by atoms with Gasteiger partial charge in [0.25, 0.3) is 0 Å². The summed E-state index contributed by atoms with van der Waals surface area (Å²) >= 11 is 3.59. The van der Waals surface area contributed by atoms with Crippen LogP contribution >= 0.6 is 15.9 Å². The Morgan fingerprint density at radius 2 is 2.05 bits per heavy atom. The van der Waals surface area contributed by atoms with Crippen LogP contribution in [0.25, 0.3) is 0 Å². The van der Waals surface area contributed by atoms with Crippen LogP contribution in [0, 0.1) is 0 Å². The Bertz CT molecular complexity index is 428. The van der Waals surface area contributed by atoms with E-state index in [9.17, 15) is 0 Å². The van der Waals surface area contributed by atoms with Crippen molar-refractivity contribution < 1.29 is 9.47 Å². The summed E-state index contributed by atoms with van der Waals surface area (Å²) in [7, 11) is 1.68. The smallest absolute Gasteiger partial charge is 0.175 e. The Morgan fingerprint density at radius 3 is 2.63 bits per heavy atom. The van der Waals surface area contributed by atoms with E-state index >= 15 is 0 Å². The average Bonchev–Trinajstić information content (AvgIpc) is 2.84. The first-order valence-electron chi connectivity index (χ1n) is 6.88. The second kappa shape index (κ2) is 6.62. The predicted molar refractivity (Wildman–Crippen MR) is 80.9 cm³/mol. The van der Waals surface area contributed by atoms with Crippen molar-refractivity contribution in [2.24, 2.45) is 5.73 Å². The van der Waals surface area contributed by atoms with Gasteiger partial charge in [0.05, 0.1) is 17.7 Å². The van der Waals surface area contributed by atoms with Crippen LogP contribution in [0.2, 0.25) is 0 Å².